The zero-order valence-electron chi connectivity index (χ0n) is 8.16. The molecule has 0 heterocycles. The number of hydrogen-bond donors (Lipinski definition) is 3. The molecule has 0 aromatic rings. The van der Waals surface area contributed by atoms with Gasteiger partial charge in [-0.1, -0.05) is 0 Å². The van der Waals surface area contributed by atoms with Crippen LogP contribution in [0.3, 0.4) is 0 Å². The molecule has 0 fully saturated rings. The molecule has 0 aliphatic carbocycles. The second kappa shape index (κ2) is 11.6. The van der Waals surface area contributed by atoms with Crippen molar-refractivity contribution in [3.63, 3.8) is 0 Å². The Morgan fingerprint density at radius 1 is 1.28 bits per heavy atom. The van der Waals surface area contributed by atoms with E-state index in [0.717, 1.165) is 0 Å². The van der Waals surface area contributed by atoms with Crippen molar-refractivity contribution in [2.45, 2.75) is 11.7 Å². The summed E-state index contributed by atoms with van der Waals surface area (Å²) in [6.07, 6.45) is -0.932. The van der Waals surface area contributed by atoms with Crippen LogP contribution in [0.1, 0.15) is 6.42 Å². The van der Waals surface area contributed by atoms with Gasteiger partial charge in [0.2, 0.25) is 0 Å². The van der Waals surface area contributed by atoms with Crippen LogP contribution in [0.4, 0.5) is 0 Å². The van der Waals surface area contributed by atoms with Crippen molar-refractivity contribution >= 4 is 81.2 Å². The zero-order valence-corrected chi connectivity index (χ0v) is 8.97. The summed E-state index contributed by atoms with van der Waals surface area (Å²) < 4.78 is 34.6. The zero-order chi connectivity index (χ0) is 12.8. The third-order valence-electron chi connectivity index (χ3n) is 1.47. The minimum atomic E-state index is -4.77. The van der Waals surface area contributed by atoms with E-state index in [1.807, 2.05) is 0 Å². The molecule has 0 radical (unpaired) electrons. The van der Waals surface area contributed by atoms with Gasteiger partial charge in [-0.2, -0.15) is 14.3 Å². The molecular formula is C6H14N2Na2O7S. The van der Waals surface area contributed by atoms with E-state index in [2.05, 4.69) is 15.5 Å². The molecule has 0 amide bonds. The van der Waals surface area contributed by atoms with E-state index in [1.54, 1.807) is 0 Å². The topological polar surface area (TPSA) is 159 Å². The molecule has 1 unspecified atom stereocenters. The van der Waals surface area contributed by atoms with Crippen molar-refractivity contribution in [3.05, 3.63) is 0 Å². The molecule has 0 saturated carbocycles. The van der Waals surface area contributed by atoms with Gasteiger partial charge in [-0.3, -0.25) is 14.1 Å². The van der Waals surface area contributed by atoms with Crippen LogP contribution in [-0.4, -0.2) is 102 Å². The minimum absolute atomic E-state index is 0. The summed E-state index contributed by atoms with van der Waals surface area (Å²) in [7, 11) is -4.77. The Morgan fingerprint density at radius 2 is 1.78 bits per heavy atom. The van der Waals surface area contributed by atoms with Crippen LogP contribution in [0.5, 0.6) is 0 Å². The summed E-state index contributed by atoms with van der Waals surface area (Å²) >= 11 is 0. The van der Waals surface area contributed by atoms with E-state index in [9.17, 15) is 18.0 Å². The molecule has 1 atom stereocenters. The second-order valence-corrected chi connectivity index (χ2v) is 4.25. The summed E-state index contributed by atoms with van der Waals surface area (Å²) in [6, 6.07) is 0. The molecule has 0 rings (SSSR count). The van der Waals surface area contributed by atoms with Gasteiger partial charge in [0.05, 0.1) is 6.42 Å². The van der Waals surface area contributed by atoms with Crippen molar-refractivity contribution in [2.24, 2.45) is 11.6 Å². The van der Waals surface area contributed by atoms with Crippen molar-refractivity contribution in [1.82, 2.24) is 0 Å². The number of rotatable bonds is 6. The van der Waals surface area contributed by atoms with Crippen molar-refractivity contribution in [2.75, 3.05) is 13.2 Å². The predicted molar refractivity (Wildman–Crippen MR) is 64.5 cm³/mol. The van der Waals surface area contributed by atoms with Crippen LogP contribution in [-0.2, 0) is 29.3 Å². The van der Waals surface area contributed by atoms with Crippen molar-refractivity contribution in [3.8, 4) is 0 Å². The maximum absolute atomic E-state index is 11.1. The Morgan fingerprint density at radius 3 is 2.11 bits per heavy atom. The number of carbonyl (C=O) groups is 2. The number of hydrogen-bond acceptors (Lipinski definition) is 8. The van der Waals surface area contributed by atoms with Gasteiger partial charge in [-0.15, -0.1) is 0 Å². The molecule has 5 N–H and O–H groups in total. The van der Waals surface area contributed by atoms with E-state index in [1.165, 1.54) is 0 Å². The van der Waals surface area contributed by atoms with Gasteiger partial charge in [-0.25, -0.2) is 0 Å². The van der Waals surface area contributed by atoms with Gasteiger partial charge in [0, 0.05) is 6.54 Å². The van der Waals surface area contributed by atoms with Gasteiger partial charge >= 0.3 is 71.1 Å². The second-order valence-electron chi connectivity index (χ2n) is 2.65. The fourth-order valence-electron chi connectivity index (χ4n) is 0.762. The molecule has 0 bridgehead atoms. The van der Waals surface area contributed by atoms with Crippen LogP contribution in [0.25, 0.3) is 0 Å². The van der Waals surface area contributed by atoms with Crippen LogP contribution < -0.4 is 11.6 Å². The summed E-state index contributed by atoms with van der Waals surface area (Å²) in [5.74, 6) is 2.00. The first-order valence-electron chi connectivity index (χ1n) is 4.05. The summed E-state index contributed by atoms with van der Waals surface area (Å²) in [4.78, 5) is 25.5. The van der Waals surface area contributed by atoms with Crippen LogP contribution in [0, 0.1) is 0 Å². The van der Waals surface area contributed by atoms with E-state index in [4.69, 9.17) is 10.3 Å². The van der Waals surface area contributed by atoms with Crippen LogP contribution >= 0.6 is 0 Å². The third-order valence-corrected chi connectivity index (χ3v) is 2.55. The number of ether oxygens (including phenoxy) is 1. The number of carbonyl (C=O) groups excluding carboxylic acids is 2. The summed E-state index contributed by atoms with van der Waals surface area (Å²) in [5, 5.41) is -2.06. The number of esters is 1. The van der Waals surface area contributed by atoms with Crippen molar-refractivity contribution < 1.29 is 32.1 Å². The molecule has 0 aromatic heterocycles. The fraction of sp³-hybridized carbons (Fsp3) is 0.667. The molecule has 0 aliphatic rings. The normalized spacial score (nSPS) is 11.5. The van der Waals surface area contributed by atoms with Gasteiger partial charge in [-0.05, 0) is 0 Å². The quantitative estimate of drug-likeness (QED) is 0.194. The molecule has 9 nitrogen and oxygen atoms in total. The molecule has 98 valence electrons. The van der Waals surface area contributed by atoms with E-state index in [0.29, 0.717) is 0 Å². The Kier molecular flexibility index (Phi) is 15.3. The molecule has 0 saturated heterocycles. The molecule has 18 heavy (non-hydrogen) atoms. The standard InChI is InChI=1S/C6H12N2O7S.2Na.2H/c7-1-2-14-6(10)4(16(11,12)13)3-5(9)15-8;;;;/h4H,1-3,7-8H2,(H,11,12,13);;;;. The first-order chi connectivity index (χ1) is 7.32. The Bertz CT molecular complexity index is 361. The van der Waals surface area contributed by atoms with Gasteiger partial charge in [0.15, 0.2) is 5.25 Å². The molecule has 0 aromatic carbocycles. The Balaban J connectivity index is -0.00000112. The molecular weight excluding hydrogens is 290 g/mol. The van der Waals surface area contributed by atoms with E-state index >= 15 is 0 Å². The van der Waals surface area contributed by atoms with Gasteiger partial charge in [0.1, 0.15) is 6.61 Å². The Labute approximate surface area is 148 Å². The van der Waals surface area contributed by atoms with Crippen LogP contribution in [0.15, 0.2) is 0 Å². The SMILES string of the molecule is NCCOC(=O)C(CC(=O)ON)S(=O)(=O)O.[NaH].[NaH]. The first kappa shape index (κ1) is 23.8. The fourth-order valence-corrected chi connectivity index (χ4v) is 1.42. The van der Waals surface area contributed by atoms with Gasteiger partial charge < -0.3 is 15.3 Å². The average molecular weight is 304 g/mol. The molecule has 0 spiro atoms. The maximum atomic E-state index is 11.1. The van der Waals surface area contributed by atoms with Crippen LogP contribution in [0.2, 0.25) is 0 Å². The molecule has 0 aliphatic heterocycles. The Hall–Kier alpha value is 0.770. The monoisotopic (exact) mass is 304 g/mol. The predicted octanol–water partition coefficient (Wildman–Crippen LogP) is -3.75. The van der Waals surface area contributed by atoms with Gasteiger partial charge in [0.25, 0.3) is 10.1 Å². The summed E-state index contributed by atoms with van der Waals surface area (Å²) in [6.45, 7) is -0.256. The third kappa shape index (κ3) is 9.67. The van der Waals surface area contributed by atoms with Crippen molar-refractivity contribution in [1.29, 1.82) is 0 Å². The summed E-state index contributed by atoms with van der Waals surface area (Å²) in [5.41, 5.74) is 5.01. The van der Waals surface area contributed by atoms with E-state index in [-0.39, 0.29) is 72.3 Å². The first-order valence-corrected chi connectivity index (χ1v) is 5.55. The average Bonchev–Trinajstić information content (AvgIpc) is 2.20. The van der Waals surface area contributed by atoms with E-state index < -0.39 is 33.7 Å². The number of nitrogens with two attached hydrogens (primary N) is 2. The molecule has 12 heteroatoms.